The van der Waals surface area contributed by atoms with Crippen molar-refractivity contribution in [3.63, 3.8) is 0 Å². The first kappa shape index (κ1) is 20.8. The predicted octanol–water partition coefficient (Wildman–Crippen LogP) is 4.05. The van der Waals surface area contributed by atoms with Crippen molar-refractivity contribution in [2.24, 2.45) is 5.16 Å². The number of halogens is 1. The van der Waals surface area contributed by atoms with Crippen LogP contribution in [-0.2, 0) is 16.2 Å². The van der Waals surface area contributed by atoms with E-state index in [-0.39, 0.29) is 11.8 Å². The number of nitrogens with one attached hydrogen (secondary N) is 2. The summed E-state index contributed by atoms with van der Waals surface area (Å²) in [7, 11) is 0. The van der Waals surface area contributed by atoms with Crippen LogP contribution in [0.25, 0.3) is 0 Å². The molecule has 2 N–H and O–H groups in total. The number of carbonyl (C=O) groups is 2. The van der Waals surface area contributed by atoms with Gasteiger partial charge >= 0.3 is 0 Å². The van der Waals surface area contributed by atoms with Crippen LogP contribution in [0.5, 0.6) is 0 Å². The Kier molecular flexibility index (Phi) is 6.13. The number of aromatic nitrogens is 2. The average Bonchev–Trinajstić information content (AvgIpc) is 3.45. The number of amides is 2. The molecule has 4 rings (SSSR count). The van der Waals surface area contributed by atoms with E-state index in [9.17, 15) is 9.59 Å². The Hall–Kier alpha value is -3.46. The van der Waals surface area contributed by atoms with E-state index in [4.69, 9.17) is 4.84 Å². The smallest absolute Gasteiger partial charge is 0.276 e. The Labute approximate surface area is 187 Å². The van der Waals surface area contributed by atoms with Crippen molar-refractivity contribution in [2.45, 2.75) is 26.0 Å². The van der Waals surface area contributed by atoms with E-state index in [2.05, 4.69) is 36.8 Å². The molecule has 0 bridgehead atoms. The van der Waals surface area contributed by atoms with Gasteiger partial charge < -0.3 is 15.5 Å². The van der Waals surface area contributed by atoms with Crippen molar-refractivity contribution >= 4 is 44.8 Å². The molecular weight excluding hydrogens is 462 g/mol. The summed E-state index contributed by atoms with van der Waals surface area (Å²) < 4.78 is 2.62. The third-order valence-electron chi connectivity index (χ3n) is 4.73. The second-order valence-electron chi connectivity index (χ2n) is 6.92. The van der Waals surface area contributed by atoms with Crippen LogP contribution in [-0.4, -0.2) is 33.4 Å². The highest BCUT2D eigenvalue weighted by Crippen LogP contribution is 2.21. The second-order valence-corrected chi connectivity index (χ2v) is 7.84. The number of oxime groups is 1. The molecule has 0 spiro atoms. The van der Waals surface area contributed by atoms with Crippen molar-refractivity contribution in [3.8, 4) is 0 Å². The second kappa shape index (κ2) is 9.13. The number of anilines is 2. The quantitative estimate of drug-likeness (QED) is 0.554. The molecule has 0 fully saturated rings. The van der Waals surface area contributed by atoms with E-state index in [0.29, 0.717) is 30.0 Å². The normalized spacial score (nSPS) is 15.2. The van der Waals surface area contributed by atoms with Crippen LogP contribution in [0, 0.1) is 0 Å². The predicted molar refractivity (Wildman–Crippen MR) is 121 cm³/mol. The maximum Gasteiger partial charge on any atom is 0.276 e. The summed E-state index contributed by atoms with van der Waals surface area (Å²) in [6, 6.07) is 16.2. The molecule has 31 heavy (non-hydrogen) atoms. The molecule has 9 heteroatoms. The maximum absolute atomic E-state index is 12.5. The first-order valence-corrected chi connectivity index (χ1v) is 10.6. The van der Waals surface area contributed by atoms with Crippen LogP contribution < -0.4 is 10.6 Å². The van der Waals surface area contributed by atoms with Gasteiger partial charge in [-0.1, -0.05) is 33.2 Å². The lowest BCUT2D eigenvalue weighted by Gasteiger charge is -2.10. The number of benzene rings is 2. The van der Waals surface area contributed by atoms with Crippen LogP contribution in [0.3, 0.4) is 0 Å². The minimum atomic E-state index is -0.693. The molecule has 158 valence electrons. The summed E-state index contributed by atoms with van der Waals surface area (Å²) in [5.74, 6) is -0.573. The molecule has 1 aliphatic rings. The lowest BCUT2D eigenvalue weighted by atomic mass is 10.0. The Morgan fingerprint density at radius 2 is 1.87 bits per heavy atom. The highest BCUT2D eigenvalue weighted by atomic mass is 79.9. The molecule has 2 aromatic carbocycles. The lowest BCUT2D eigenvalue weighted by Crippen LogP contribution is -2.28. The van der Waals surface area contributed by atoms with Gasteiger partial charge in [0.1, 0.15) is 0 Å². The van der Waals surface area contributed by atoms with Crippen molar-refractivity contribution in [2.75, 3.05) is 10.6 Å². The minimum Gasteiger partial charge on any atom is -0.382 e. The molecule has 1 aliphatic heterocycles. The van der Waals surface area contributed by atoms with Gasteiger partial charge in [0, 0.05) is 40.6 Å². The average molecular weight is 482 g/mol. The van der Waals surface area contributed by atoms with Gasteiger partial charge in [0.25, 0.3) is 11.8 Å². The summed E-state index contributed by atoms with van der Waals surface area (Å²) in [5, 5.41) is 13.8. The number of hydrogen-bond donors (Lipinski definition) is 2. The van der Waals surface area contributed by atoms with Crippen LogP contribution in [0.4, 0.5) is 11.4 Å². The van der Waals surface area contributed by atoms with Gasteiger partial charge in [-0.3, -0.25) is 14.3 Å². The fraction of sp³-hybridized carbons (Fsp3) is 0.182. The van der Waals surface area contributed by atoms with E-state index in [1.165, 1.54) is 0 Å². The summed E-state index contributed by atoms with van der Waals surface area (Å²) in [6.45, 7) is 2.65. The monoisotopic (exact) mass is 481 g/mol. The maximum atomic E-state index is 12.5. The summed E-state index contributed by atoms with van der Waals surface area (Å²) in [5.41, 5.74) is 3.18. The van der Waals surface area contributed by atoms with Gasteiger partial charge in [-0.05, 0) is 49.4 Å². The van der Waals surface area contributed by atoms with E-state index in [0.717, 1.165) is 15.7 Å². The van der Waals surface area contributed by atoms with Gasteiger partial charge in [0.2, 0.25) is 6.10 Å². The van der Waals surface area contributed by atoms with Gasteiger partial charge in [0.05, 0.1) is 5.71 Å². The van der Waals surface area contributed by atoms with E-state index < -0.39 is 6.10 Å². The molecule has 2 amide bonds. The molecule has 0 aliphatic carbocycles. The lowest BCUT2D eigenvalue weighted by molar-refractivity contribution is -0.125. The molecular formula is C22H20BrN5O3. The topological polar surface area (TPSA) is 97.6 Å². The standard InChI is InChI=1S/C22H20BrN5O3/c1-2-28-11-10-18(26-28)21(29)24-16-6-8-17(9-7-16)25-22(30)20-13-19(27-31-20)14-4-3-5-15(23)12-14/h3-12,20H,2,13H2,1H3,(H,24,29)(H,25,30). The zero-order chi connectivity index (χ0) is 21.8. The summed E-state index contributed by atoms with van der Waals surface area (Å²) in [6.07, 6.45) is 1.45. The van der Waals surface area contributed by atoms with Gasteiger partial charge in [-0.25, -0.2) is 0 Å². The molecule has 0 saturated carbocycles. The van der Waals surface area contributed by atoms with Crippen LogP contribution in [0.2, 0.25) is 0 Å². The van der Waals surface area contributed by atoms with Crippen molar-refractivity contribution in [1.82, 2.24) is 9.78 Å². The summed E-state index contributed by atoms with van der Waals surface area (Å²) >= 11 is 3.43. The molecule has 0 radical (unpaired) electrons. The van der Waals surface area contributed by atoms with E-state index in [1.807, 2.05) is 31.2 Å². The summed E-state index contributed by atoms with van der Waals surface area (Å²) in [4.78, 5) is 30.1. The SMILES string of the molecule is CCn1ccc(C(=O)Nc2ccc(NC(=O)C3CC(c4cccc(Br)c4)=NO3)cc2)n1. The Bertz CT molecular complexity index is 1140. The van der Waals surface area contributed by atoms with Gasteiger partial charge in [0.15, 0.2) is 5.69 Å². The molecule has 0 saturated heterocycles. The highest BCUT2D eigenvalue weighted by Gasteiger charge is 2.29. The first-order valence-electron chi connectivity index (χ1n) is 9.76. The van der Waals surface area contributed by atoms with Crippen LogP contribution in [0.1, 0.15) is 29.4 Å². The van der Waals surface area contributed by atoms with E-state index in [1.54, 1.807) is 41.2 Å². The molecule has 3 aromatic rings. The zero-order valence-corrected chi connectivity index (χ0v) is 18.3. The Balaban J connectivity index is 1.32. The number of hydrogen-bond acceptors (Lipinski definition) is 5. The number of aryl methyl sites for hydroxylation is 1. The zero-order valence-electron chi connectivity index (χ0n) is 16.7. The van der Waals surface area contributed by atoms with Gasteiger partial charge in [-0.15, -0.1) is 0 Å². The fourth-order valence-electron chi connectivity index (χ4n) is 3.07. The van der Waals surface area contributed by atoms with Crippen molar-refractivity contribution < 1.29 is 14.4 Å². The first-order chi connectivity index (χ1) is 15.0. The number of rotatable bonds is 6. The van der Waals surface area contributed by atoms with E-state index >= 15 is 0 Å². The minimum absolute atomic E-state index is 0.282. The molecule has 8 nitrogen and oxygen atoms in total. The third-order valence-corrected chi connectivity index (χ3v) is 5.22. The Morgan fingerprint density at radius 3 is 2.55 bits per heavy atom. The third kappa shape index (κ3) is 5.00. The van der Waals surface area contributed by atoms with Gasteiger partial charge in [-0.2, -0.15) is 5.10 Å². The number of carbonyl (C=O) groups excluding carboxylic acids is 2. The van der Waals surface area contributed by atoms with Crippen LogP contribution in [0.15, 0.2) is 70.4 Å². The molecule has 1 aromatic heterocycles. The molecule has 1 unspecified atom stereocenters. The molecule has 1 atom stereocenters. The van der Waals surface area contributed by atoms with Crippen molar-refractivity contribution in [1.29, 1.82) is 0 Å². The number of nitrogens with zero attached hydrogens (tertiary/aromatic N) is 3. The Morgan fingerprint density at radius 1 is 1.13 bits per heavy atom. The largest absolute Gasteiger partial charge is 0.382 e. The highest BCUT2D eigenvalue weighted by molar-refractivity contribution is 9.10. The molecule has 2 heterocycles. The van der Waals surface area contributed by atoms with Crippen LogP contribution >= 0.6 is 15.9 Å². The van der Waals surface area contributed by atoms with Crippen molar-refractivity contribution in [3.05, 3.63) is 76.5 Å². The fourth-order valence-corrected chi connectivity index (χ4v) is 3.47.